The molecule has 0 aromatic carbocycles. The van der Waals surface area contributed by atoms with Gasteiger partial charge in [0.2, 0.25) is 5.91 Å². The Labute approximate surface area is 134 Å². The van der Waals surface area contributed by atoms with E-state index in [2.05, 4.69) is 0 Å². The highest BCUT2D eigenvalue weighted by molar-refractivity contribution is 5.82. The molecular formula is C16H31N3O3. The number of rotatable bonds is 4. The summed E-state index contributed by atoms with van der Waals surface area (Å²) in [6.07, 6.45) is 1.48. The van der Waals surface area contributed by atoms with Crippen LogP contribution in [0.2, 0.25) is 0 Å². The number of carbonyl (C=O) groups is 2. The molecule has 1 saturated heterocycles. The number of likely N-dealkylation sites (N-methyl/N-ethyl adjacent to an activating group) is 1. The monoisotopic (exact) mass is 313 g/mol. The van der Waals surface area contributed by atoms with Gasteiger partial charge in [0.25, 0.3) is 0 Å². The first-order chi connectivity index (χ1) is 10.0. The van der Waals surface area contributed by atoms with Crippen LogP contribution >= 0.6 is 0 Å². The fourth-order valence-corrected chi connectivity index (χ4v) is 2.52. The molecule has 1 rings (SSSR count). The molecule has 2 unspecified atom stereocenters. The Kier molecular flexibility index (Phi) is 6.23. The number of hydrogen-bond donors (Lipinski definition) is 1. The molecule has 0 aliphatic carbocycles. The molecule has 2 atom stereocenters. The summed E-state index contributed by atoms with van der Waals surface area (Å²) in [4.78, 5) is 27.9. The summed E-state index contributed by atoms with van der Waals surface area (Å²) in [5.41, 5.74) is 5.46. The van der Waals surface area contributed by atoms with E-state index in [4.69, 9.17) is 10.5 Å². The lowest BCUT2D eigenvalue weighted by atomic mass is 10.0. The smallest absolute Gasteiger partial charge is 0.410 e. The third kappa shape index (κ3) is 5.16. The summed E-state index contributed by atoms with van der Waals surface area (Å²) in [5, 5.41) is 0. The maximum atomic E-state index is 12.4. The van der Waals surface area contributed by atoms with Crippen molar-refractivity contribution >= 4 is 12.0 Å². The minimum absolute atomic E-state index is 0.0184. The van der Waals surface area contributed by atoms with Gasteiger partial charge in [-0.25, -0.2) is 4.79 Å². The van der Waals surface area contributed by atoms with Crippen molar-refractivity contribution in [1.82, 2.24) is 9.80 Å². The molecule has 0 aromatic heterocycles. The zero-order valence-electron chi connectivity index (χ0n) is 14.8. The van der Waals surface area contributed by atoms with Crippen molar-refractivity contribution in [3.8, 4) is 0 Å². The summed E-state index contributed by atoms with van der Waals surface area (Å²) in [6, 6.07) is -0.456. The van der Waals surface area contributed by atoms with Crippen molar-refractivity contribution in [3.63, 3.8) is 0 Å². The van der Waals surface area contributed by atoms with E-state index in [0.717, 1.165) is 12.8 Å². The summed E-state index contributed by atoms with van der Waals surface area (Å²) >= 11 is 0. The zero-order chi connectivity index (χ0) is 17.1. The van der Waals surface area contributed by atoms with E-state index in [0.29, 0.717) is 13.1 Å². The van der Waals surface area contributed by atoms with Crippen LogP contribution in [0.25, 0.3) is 0 Å². The lowest BCUT2D eigenvalue weighted by Crippen LogP contribution is -2.51. The fraction of sp³-hybridized carbons (Fsp3) is 0.875. The molecule has 0 bridgehead atoms. The number of ether oxygens (including phenoxy) is 1. The largest absolute Gasteiger partial charge is 0.444 e. The highest BCUT2D eigenvalue weighted by Crippen LogP contribution is 2.21. The Morgan fingerprint density at radius 1 is 1.36 bits per heavy atom. The van der Waals surface area contributed by atoms with Gasteiger partial charge in [-0.2, -0.15) is 0 Å². The summed E-state index contributed by atoms with van der Waals surface area (Å²) in [6.45, 7) is 10.6. The zero-order valence-corrected chi connectivity index (χ0v) is 14.8. The molecule has 1 aliphatic rings. The average Bonchev–Trinajstić information content (AvgIpc) is 2.82. The van der Waals surface area contributed by atoms with Crippen LogP contribution in [0.4, 0.5) is 4.79 Å². The van der Waals surface area contributed by atoms with Crippen LogP contribution in [0.15, 0.2) is 0 Å². The maximum absolute atomic E-state index is 12.4. The predicted octanol–water partition coefficient (Wildman–Crippen LogP) is 1.83. The first kappa shape index (κ1) is 18.7. The van der Waals surface area contributed by atoms with Crippen molar-refractivity contribution in [1.29, 1.82) is 0 Å². The van der Waals surface area contributed by atoms with Crippen molar-refractivity contribution in [3.05, 3.63) is 0 Å². The maximum Gasteiger partial charge on any atom is 0.410 e. The summed E-state index contributed by atoms with van der Waals surface area (Å²) in [7, 11) is 1.71. The molecule has 2 N–H and O–H groups in total. The first-order valence-electron chi connectivity index (χ1n) is 8.03. The van der Waals surface area contributed by atoms with Gasteiger partial charge in [0.15, 0.2) is 0 Å². The molecule has 0 saturated carbocycles. The molecule has 0 radical (unpaired) electrons. The van der Waals surface area contributed by atoms with Gasteiger partial charge in [-0.1, -0.05) is 13.8 Å². The third-order valence-corrected chi connectivity index (χ3v) is 3.85. The molecule has 22 heavy (non-hydrogen) atoms. The standard InChI is InChI=1S/C16H31N3O3/c1-11(2)13(17)14(20)19-9-7-8-12(19)10-18(6)15(21)22-16(3,4)5/h11-13H,7-10,17H2,1-6H3. The van der Waals surface area contributed by atoms with Crippen LogP contribution in [0.5, 0.6) is 0 Å². The number of hydrogen-bond acceptors (Lipinski definition) is 4. The first-order valence-corrected chi connectivity index (χ1v) is 8.03. The Morgan fingerprint density at radius 2 is 1.95 bits per heavy atom. The van der Waals surface area contributed by atoms with E-state index in [1.165, 1.54) is 0 Å². The minimum Gasteiger partial charge on any atom is -0.444 e. The molecular weight excluding hydrogens is 282 g/mol. The van der Waals surface area contributed by atoms with Crippen molar-refractivity contribution in [2.24, 2.45) is 11.7 Å². The molecule has 2 amide bonds. The number of carbonyl (C=O) groups excluding carboxylic acids is 2. The molecule has 6 nitrogen and oxygen atoms in total. The van der Waals surface area contributed by atoms with Crippen LogP contribution in [0.1, 0.15) is 47.5 Å². The predicted molar refractivity (Wildman–Crippen MR) is 86.4 cm³/mol. The van der Waals surface area contributed by atoms with E-state index in [-0.39, 0.29) is 24.0 Å². The molecule has 1 heterocycles. The molecule has 6 heteroatoms. The van der Waals surface area contributed by atoms with E-state index in [1.807, 2.05) is 39.5 Å². The van der Waals surface area contributed by atoms with Crippen LogP contribution in [0.3, 0.4) is 0 Å². The normalized spacial score (nSPS) is 20.2. The summed E-state index contributed by atoms with van der Waals surface area (Å²) in [5.74, 6) is 0.0902. The highest BCUT2D eigenvalue weighted by Gasteiger charge is 2.34. The van der Waals surface area contributed by atoms with Gasteiger partial charge in [0, 0.05) is 26.2 Å². The number of likely N-dealkylation sites (tertiary alicyclic amines) is 1. The number of amides is 2. The van der Waals surface area contributed by atoms with Gasteiger partial charge >= 0.3 is 6.09 Å². The third-order valence-electron chi connectivity index (χ3n) is 3.85. The van der Waals surface area contributed by atoms with Gasteiger partial charge in [-0.15, -0.1) is 0 Å². The number of nitrogens with two attached hydrogens (primary N) is 1. The van der Waals surface area contributed by atoms with Gasteiger partial charge in [-0.05, 0) is 39.5 Å². The second-order valence-electron chi connectivity index (χ2n) is 7.46. The van der Waals surface area contributed by atoms with Crippen molar-refractivity contribution in [2.45, 2.75) is 65.1 Å². The van der Waals surface area contributed by atoms with Gasteiger partial charge in [0.05, 0.1) is 6.04 Å². The van der Waals surface area contributed by atoms with Crippen molar-refractivity contribution in [2.75, 3.05) is 20.1 Å². The van der Waals surface area contributed by atoms with Crippen LogP contribution < -0.4 is 5.73 Å². The van der Waals surface area contributed by atoms with Crippen LogP contribution in [-0.4, -0.2) is 59.6 Å². The Hall–Kier alpha value is -1.30. The van der Waals surface area contributed by atoms with Crippen LogP contribution in [-0.2, 0) is 9.53 Å². The second kappa shape index (κ2) is 7.31. The lowest BCUT2D eigenvalue weighted by Gasteiger charge is -2.32. The fourth-order valence-electron chi connectivity index (χ4n) is 2.52. The van der Waals surface area contributed by atoms with Crippen molar-refractivity contribution < 1.29 is 14.3 Å². The molecule has 0 aromatic rings. The van der Waals surface area contributed by atoms with Crippen LogP contribution in [0, 0.1) is 5.92 Å². The molecule has 1 fully saturated rings. The Bertz CT molecular complexity index is 404. The molecule has 1 aliphatic heterocycles. The second-order valence-corrected chi connectivity index (χ2v) is 7.46. The van der Waals surface area contributed by atoms with E-state index < -0.39 is 11.6 Å². The topological polar surface area (TPSA) is 75.9 Å². The van der Waals surface area contributed by atoms with Gasteiger partial charge in [-0.3, -0.25) is 4.79 Å². The minimum atomic E-state index is -0.517. The highest BCUT2D eigenvalue weighted by atomic mass is 16.6. The molecule has 128 valence electrons. The van der Waals surface area contributed by atoms with E-state index >= 15 is 0 Å². The SMILES string of the molecule is CC(C)C(N)C(=O)N1CCCC1CN(C)C(=O)OC(C)(C)C. The van der Waals surface area contributed by atoms with E-state index in [9.17, 15) is 9.59 Å². The summed E-state index contributed by atoms with van der Waals surface area (Å²) < 4.78 is 5.35. The quantitative estimate of drug-likeness (QED) is 0.859. The Balaban J connectivity index is 2.64. The Morgan fingerprint density at radius 3 is 2.45 bits per heavy atom. The number of nitrogens with zero attached hydrogens (tertiary/aromatic N) is 2. The van der Waals surface area contributed by atoms with Gasteiger partial charge < -0.3 is 20.3 Å². The van der Waals surface area contributed by atoms with E-state index in [1.54, 1.807) is 11.9 Å². The lowest BCUT2D eigenvalue weighted by molar-refractivity contribution is -0.134. The molecule has 0 spiro atoms. The van der Waals surface area contributed by atoms with Gasteiger partial charge in [0.1, 0.15) is 5.60 Å². The average molecular weight is 313 g/mol.